The minimum absolute atomic E-state index is 0. The Morgan fingerprint density at radius 3 is 2.04 bits per heavy atom. The van der Waals surface area contributed by atoms with E-state index in [4.69, 9.17) is 9.47 Å². The number of fused-ring (bicyclic) bond motifs is 3. The fraction of sp³-hybridized carbons (Fsp3) is 0.364. The van der Waals surface area contributed by atoms with Gasteiger partial charge in [0.25, 0.3) is 0 Å². The van der Waals surface area contributed by atoms with Crippen LogP contribution in [0.1, 0.15) is 23.5 Å². The van der Waals surface area contributed by atoms with Gasteiger partial charge in [-0.2, -0.15) is 0 Å². The molecule has 0 saturated heterocycles. The van der Waals surface area contributed by atoms with E-state index in [-0.39, 0.29) is 18.7 Å². The average molecular weight is 372 g/mol. The highest BCUT2D eigenvalue weighted by Crippen LogP contribution is 2.48. The minimum Gasteiger partial charge on any atom is -1.00 e. The Labute approximate surface area is 162 Å². The second-order valence-electron chi connectivity index (χ2n) is 6.95. The van der Waals surface area contributed by atoms with Gasteiger partial charge >= 0.3 is 0 Å². The van der Waals surface area contributed by atoms with Crippen LogP contribution in [0.5, 0.6) is 0 Å². The van der Waals surface area contributed by atoms with E-state index in [1.54, 1.807) is 19.8 Å². The predicted molar refractivity (Wildman–Crippen MR) is 99.8 cm³/mol. The van der Waals surface area contributed by atoms with E-state index in [1.807, 2.05) is 0 Å². The monoisotopic (exact) mass is 371 g/mol. The van der Waals surface area contributed by atoms with Gasteiger partial charge in [0.15, 0.2) is 0 Å². The van der Waals surface area contributed by atoms with Crippen molar-refractivity contribution in [3.63, 3.8) is 0 Å². The molecule has 0 amide bonds. The van der Waals surface area contributed by atoms with Crippen LogP contribution in [0.4, 0.5) is 0 Å². The number of quaternary nitrogens is 1. The van der Waals surface area contributed by atoms with Crippen molar-refractivity contribution < 1.29 is 26.8 Å². The highest BCUT2D eigenvalue weighted by Gasteiger charge is 2.32. The summed E-state index contributed by atoms with van der Waals surface area (Å²) < 4.78 is 10.7. The van der Waals surface area contributed by atoms with E-state index < -0.39 is 0 Å². The zero-order valence-corrected chi connectivity index (χ0v) is 16.1. The largest absolute Gasteiger partial charge is 1.00 e. The second-order valence-corrected chi connectivity index (χ2v) is 6.95. The Morgan fingerprint density at radius 2 is 1.54 bits per heavy atom. The Morgan fingerprint density at radius 1 is 0.962 bits per heavy atom. The molecule has 1 aliphatic heterocycles. The van der Waals surface area contributed by atoms with Crippen LogP contribution in [0.2, 0.25) is 0 Å². The van der Waals surface area contributed by atoms with Crippen LogP contribution in [0.3, 0.4) is 0 Å². The third-order valence-corrected chi connectivity index (χ3v) is 5.61. The SMILES string of the molecule is COC(C[NH+]1CC=C(C2c3ccccc3-c3ccccc32)CC1)OC.[Cl-]. The van der Waals surface area contributed by atoms with E-state index in [1.165, 1.54) is 27.2 Å². The first-order chi connectivity index (χ1) is 12.3. The summed E-state index contributed by atoms with van der Waals surface area (Å²) in [7, 11) is 3.43. The van der Waals surface area contributed by atoms with Gasteiger partial charge in [0.05, 0.1) is 13.1 Å². The van der Waals surface area contributed by atoms with Crippen molar-refractivity contribution in [2.75, 3.05) is 33.9 Å². The Hall–Kier alpha value is -1.65. The summed E-state index contributed by atoms with van der Waals surface area (Å²) in [6, 6.07) is 17.7. The molecular formula is C22H26ClNO2. The van der Waals surface area contributed by atoms with Gasteiger partial charge in [-0.05, 0) is 28.3 Å². The van der Waals surface area contributed by atoms with Gasteiger partial charge in [-0.3, -0.25) is 0 Å². The number of ether oxygens (including phenoxy) is 2. The minimum atomic E-state index is -0.113. The first-order valence-electron chi connectivity index (χ1n) is 9.08. The lowest BCUT2D eigenvalue weighted by Crippen LogP contribution is -3.13. The molecule has 1 aliphatic carbocycles. The zero-order valence-electron chi connectivity index (χ0n) is 15.4. The van der Waals surface area contributed by atoms with Gasteiger partial charge in [0.2, 0.25) is 6.29 Å². The average Bonchev–Trinajstić information content (AvgIpc) is 3.01. The number of hydrogen-bond donors (Lipinski definition) is 1. The fourth-order valence-electron chi connectivity index (χ4n) is 4.30. The molecule has 2 aromatic rings. The summed E-state index contributed by atoms with van der Waals surface area (Å²) in [4.78, 5) is 1.53. The number of nitrogens with one attached hydrogen (secondary N) is 1. The summed E-state index contributed by atoms with van der Waals surface area (Å²) in [5.74, 6) is 0.426. The zero-order chi connectivity index (χ0) is 17.2. The molecule has 2 aromatic carbocycles. The smallest absolute Gasteiger partial charge is 0.207 e. The van der Waals surface area contributed by atoms with Crippen LogP contribution in [-0.2, 0) is 9.47 Å². The number of methoxy groups -OCH3 is 2. The van der Waals surface area contributed by atoms with E-state index in [9.17, 15) is 0 Å². The van der Waals surface area contributed by atoms with Crippen LogP contribution < -0.4 is 17.3 Å². The van der Waals surface area contributed by atoms with Crippen LogP contribution >= 0.6 is 0 Å². The molecule has 0 bridgehead atoms. The van der Waals surface area contributed by atoms with Crippen molar-refractivity contribution in [2.24, 2.45) is 0 Å². The summed E-state index contributed by atoms with van der Waals surface area (Å²) in [6.07, 6.45) is 3.46. The Bertz CT molecular complexity index is 740. The normalized spacial score (nSPS) is 18.9. The maximum absolute atomic E-state index is 5.36. The topological polar surface area (TPSA) is 22.9 Å². The highest BCUT2D eigenvalue weighted by molar-refractivity contribution is 5.80. The summed E-state index contributed by atoms with van der Waals surface area (Å²) in [6.45, 7) is 3.07. The molecule has 1 heterocycles. The molecule has 0 aromatic heterocycles. The number of benzene rings is 2. The van der Waals surface area contributed by atoms with Gasteiger partial charge in [-0.15, -0.1) is 0 Å². The standard InChI is InChI=1S/C22H25NO2.ClH/c1-24-21(25-2)15-23-13-11-16(12-14-23)22-19-9-5-3-7-17(19)18-8-4-6-10-20(18)22;/h3-11,21-22H,12-15H2,1-2H3;1H. The molecule has 0 fully saturated rings. The van der Waals surface area contributed by atoms with E-state index in [0.29, 0.717) is 5.92 Å². The van der Waals surface area contributed by atoms with E-state index in [0.717, 1.165) is 26.1 Å². The van der Waals surface area contributed by atoms with Crippen molar-refractivity contribution >= 4 is 0 Å². The highest BCUT2D eigenvalue weighted by atomic mass is 35.5. The molecule has 2 aliphatic rings. The number of hydrogen-bond acceptors (Lipinski definition) is 2. The molecule has 0 radical (unpaired) electrons. The molecule has 0 saturated carbocycles. The van der Waals surface area contributed by atoms with Crippen LogP contribution in [-0.4, -0.2) is 40.1 Å². The van der Waals surface area contributed by atoms with Crippen molar-refractivity contribution in [1.82, 2.24) is 0 Å². The molecule has 4 heteroatoms. The van der Waals surface area contributed by atoms with Crippen LogP contribution in [0.25, 0.3) is 11.1 Å². The summed E-state index contributed by atoms with van der Waals surface area (Å²) in [5, 5.41) is 0. The quantitative estimate of drug-likeness (QED) is 0.573. The second kappa shape index (κ2) is 8.36. The van der Waals surface area contributed by atoms with Gasteiger partial charge in [-0.25, -0.2) is 0 Å². The first kappa shape index (κ1) is 19.1. The third kappa shape index (κ3) is 3.45. The Kier molecular flexibility index (Phi) is 6.15. The molecule has 26 heavy (non-hydrogen) atoms. The van der Waals surface area contributed by atoms with Crippen molar-refractivity contribution in [3.8, 4) is 11.1 Å². The van der Waals surface area contributed by atoms with Crippen molar-refractivity contribution in [3.05, 3.63) is 71.3 Å². The Balaban J connectivity index is 0.00000196. The lowest BCUT2D eigenvalue weighted by molar-refractivity contribution is -0.901. The van der Waals surface area contributed by atoms with Gasteiger partial charge < -0.3 is 26.8 Å². The van der Waals surface area contributed by atoms with Crippen molar-refractivity contribution in [1.29, 1.82) is 0 Å². The molecule has 4 rings (SSSR count). The van der Waals surface area contributed by atoms with E-state index >= 15 is 0 Å². The number of halogens is 1. The molecule has 3 nitrogen and oxygen atoms in total. The summed E-state index contributed by atoms with van der Waals surface area (Å²) >= 11 is 0. The van der Waals surface area contributed by atoms with Crippen molar-refractivity contribution in [2.45, 2.75) is 18.6 Å². The molecule has 1 N–H and O–H groups in total. The molecular weight excluding hydrogens is 346 g/mol. The maximum Gasteiger partial charge on any atom is 0.207 e. The summed E-state index contributed by atoms with van der Waals surface area (Å²) in [5.41, 5.74) is 7.29. The predicted octanol–water partition coefficient (Wildman–Crippen LogP) is -0.363. The van der Waals surface area contributed by atoms with Gasteiger partial charge in [0.1, 0.15) is 6.54 Å². The molecule has 1 unspecified atom stereocenters. The lowest BCUT2D eigenvalue weighted by atomic mass is 9.85. The first-order valence-corrected chi connectivity index (χ1v) is 9.08. The lowest BCUT2D eigenvalue weighted by Gasteiger charge is -2.28. The van der Waals surface area contributed by atoms with Crippen LogP contribution in [0.15, 0.2) is 60.2 Å². The molecule has 0 spiro atoms. The van der Waals surface area contributed by atoms with Crippen LogP contribution in [0, 0.1) is 0 Å². The third-order valence-electron chi connectivity index (χ3n) is 5.61. The molecule has 138 valence electrons. The molecule has 1 atom stereocenters. The van der Waals surface area contributed by atoms with Gasteiger partial charge in [0, 0.05) is 26.6 Å². The fourth-order valence-corrected chi connectivity index (χ4v) is 4.30. The number of rotatable bonds is 5. The maximum atomic E-state index is 5.36. The van der Waals surface area contributed by atoms with Gasteiger partial charge in [-0.1, -0.05) is 54.1 Å². The van der Waals surface area contributed by atoms with E-state index in [2.05, 4.69) is 54.6 Å².